The maximum atomic E-state index is 11.8. The predicted molar refractivity (Wildman–Crippen MR) is 105 cm³/mol. The first-order valence-corrected chi connectivity index (χ1v) is 8.68. The van der Waals surface area contributed by atoms with Crippen LogP contribution in [-0.2, 0) is 9.53 Å². The third-order valence-corrected chi connectivity index (χ3v) is 3.64. The van der Waals surface area contributed by atoms with Gasteiger partial charge >= 0.3 is 0 Å². The second-order valence-electron chi connectivity index (χ2n) is 6.67. The van der Waals surface area contributed by atoms with E-state index in [0.717, 1.165) is 29.6 Å². The number of carbonyl (C=O) groups excluding carboxylic acids is 1. The Labute approximate surface area is 148 Å². The largest absolute Gasteiger partial charge is 0.371 e. The third kappa shape index (κ3) is 11.0. The van der Waals surface area contributed by atoms with Crippen molar-refractivity contribution in [2.75, 3.05) is 6.61 Å². The molecule has 24 heavy (non-hydrogen) atoms. The van der Waals surface area contributed by atoms with Crippen molar-refractivity contribution < 1.29 is 9.53 Å². The smallest absolute Gasteiger partial charge is 0.159 e. The van der Waals surface area contributed by atoms with Gasteiger partial charge in [-0.25, -0.2) is 0 Å². The van der Waals surface area contributed by atoms with Crippen molar-refractivity contribution in [2.45, 2.75) is 66.4 Å². The summed E-state index contributed by atoms with van der Waals surface area (Å²) in [4.78, 5) is 11.8. The minimum Gasteiger partial charge on any atom is -0.371 e. The van der Waals surface area contributed by atoms with E-state index in [0.29, 0.717) is 13.0 Å². The second-order valence-corrected chi connectivity index (χ2v) is 6.67. The molecule has 0 amide bonds. The van der Waals surface area contributed by atoms with Crippen molar-refractivity contribution in [1.82, 2.24) is 0 Å². The van der Waals surface area contributed by atoms with Gasteiger partial charge in [0.2, 0.25) is 0 Å². The molecule has 1 unspecified atom stereocenters. The molecule has 0 aromatic heterocycles. The molecule has 0 saturated heterocycles. The number of carbonyl (C=O) groups is 1. The molecule has 0 radical (unpaired) electrons. The van der Waals surface area contributed by atoms with Crippen molar-refractivity contribution in [3.63, 3.8) is 0 Å². The van der Waals surface area contributed by atoms with Gasteiger partial charge in [0.15, 0.2) is 5.78 Å². The van der Waals surface area contributed by atoms with Gasteiger partial charge in [-0.2, -0.15) is 0 Å². The molecule has 0 aromatic rings. The summed E-state index contributed by atoms with van der Waals surface area (Å²) in [6.07, 6.45) is 14.1. The first-order valence-electron chi connectivity index (χ1n) is 8.68. The summed E-state index contributed by atoms with van der Waals surface area (Å²) >= 11 is 0. The second kappa shape index (κ2) is 11.8. The molecule has 0 heterocycles. The van der Waals surface area contributed by atoms with E-state index in [1.807, 2.05) is 52.8 Å². The summed E-state index contributed by atoms with van der Waals surface area (Å²) in [7, 11) is 0. The highest BCUT2D eigenvalue weighted by Crippen LogP contribution is 2.21. The summed E-state index contributed by atoms with van der Waals surface area (Å²) in [5, 5.41) is 0. The van der Waals surface area contributed by atoms with Crippen LogP contribution in [-0.4, -0.2) is 18.0 Å². The zero-order valence-corrected chi connectivity index (χ0v) is 16.3. The summed E-state index contributed by atoms with van der Waals surface area (Å²) in [6.45, 7) is 16.5. The molecular formula is C22H34O2. The van der Waals surface area contributed by atoms with E-state index in [2.05, 4.69) is 25.7 Å². The minimum atomic E-state index is -0.298. The lowest BCUT2D eigenvalue weighted by Crippen LogP contribution is -2.25. The van der Waals surface area contributed by atoms with Crippen LogP contribution >= 0.6 is 0 Å². The maximum Gasteiger partial charge on any atom is 0.159 e. The van der Waals surface area contributed by atoms with Crippen LogP contribution in [0.15, 0.2) is 59.8 Å². The predicted octanol–water partition coefficient (Wildman–Crippen LogP) is 6.12. The number of ether oxygens (including phenoxy) is 1. The highest BCUT2D eigenvalue weighted by Gasteiger charge is 2.19. The molecular weight excluding hydrogens is 296 g/mol. The van der Waals surface area contributed by atoms with E-state index >= 15 is 0 Å². The number of ketones is 1. The van der Waals surface area contributed by atoms with Crippen LogP contribution in [0, 0.1) is 0 Å². The monoisotopic (exact) mass is 330 g/mol. The molecule has 0 N–H and O–H groups in total. The van der Waals surface area contributed by atoms with Gasteiger partial charge in [0.1, 0.15) is 0 Å². The summed E-state index contributed by atoms with van der Waals surface area (Å²) in [5.41, 5.74) is 2.99. The quantitative estimate of drug-likeness (QED) is 0.259. The summed E-state index contributed by atoms with van der Waals surface area (Å²) < 4.78 is 5.91. The molecule has 0 fully saturated rings. The number of rotatable bonds is 11. The minimum absolute atomic E-state index is 0.168. The van der Waals surface area contributed by atoms with Crippen LogP contribution in [0.2, 0.25) is 0 Å². The third-order valence-electron chi connectivity index (χ3n) is 3.64. The lowest BCUT2D eigenvalue weighted by molar-refractivity contribution is -0.114. The van der Waals surface area contributed by atoms with Gasteiger partial charge in [0.05, 0.1) is 5.60 Å². The van der Waals surface area contributed by atoms with Gasteiger partial charge in [0.25, 0.3) is 0 Å². The van der Waals surface area contributed by atoms with Gasteiger partial charge in [-0.05, 0) is 60.5 Å². The van der Waals surface area contributed by atoms with Crippen LogP contribution < -0.4 is 0 Å². The molecule has 2 heteroatoms. The van der Waals surface area contributed by atoms with Crippen LogP contribution in [0.1, 0.15) is 60.8 Å². The Bertz CT molecular complexity index is 528. The summed E-state index contributed by atoms with van der Waals surface area (Å²) in [5.74, 6) is 0.168. The molecule has 0 bridgehead atoms. The lowest BCUT2D eigenvalue weighted by Gasteiger charge is -2.25. The van der Waals surface area contributed by atoms with E-state index in [1.54, 1.807) is 6.08 Å². The zero-order chi connectivity index (χ0) is 18.6. The van der Waals surface area contributed by atoms with Crippen LogP contribution in [0.3, 0.4) is 0 Å². The van der Waals surface area contributed by atoms with Crippen LogP contribution in [0.4, 0.5) is 0 Å². The molecule has 0 aromatic carbocycles. The fourth-order valence-corrected chi connectivity index (χ4v) is 2.33. The Morgan fingerprint density at radius 3 is 2.42 bits per heavy atom. The summed E-state index contributed by atoms with van der Waals surface area (Å²) in [6, 6.07) is 0. The number of allylic oxidation sites excluding steroid dienone is 8. The highest BCUT2D eigenvalue weighted by atomic mass is 16.5. The Balaban J connectivity index is 4.73. The molecule has 1 atom stereocenters. The SMILES string of the molecule is C=CC(C)=CC=CC(C)(CCC=C(C)CC(=O)C=C(C)C)OCC. The van der Waals surface area contributed by atoms with Crippen molar-refractivity contribution >= 4 is 5.78 Å². The van der Waals surface area contributed by atoms with Gasteiger partial charge in [-0.3, -0.25) is 4.79 Å². The Kier molecular flexibility index (Phi) is 11.0. The van der Waals surface area contributed by atoms with Gasteiger partial charge in [-0.15, -0.1) is 0 Å². The first kappa shape index (κ1) is 22.3. The fourth-order valence-electron chi connectivity index (χ4n) is 2.33. The topological polar surface area (TPSA) is 26.3 Å². The van der Waals surface area contributed by atoms with Crippen LogP contribution in [0.5, 0.6) is 0 Å². The van der Waals surface area contributed by atoms with Crippen LogP contribution in [0.25, 0.3) is 0 Å². The number of hydrogen-bond acceptors (Lipinski definition) is 2. The lowest BCUT2D eigenvalue weighted by atomic mass is 9.97. The zero-order valence-electron chi connectivity index (χ0n) is 16.3. The van der Waals surface area contributed by atoms with Gasteiger partial charge in [-0.1, -0.05) is 53.7 Å². The van der Waals surface area contributed by atoms with Crippen molar-refractivity contribution in [2.24, 2.45) is 0 Å². The molecule has 0 aliphatic rings. The molecule has 0 aliphatic carbocycles. The molecule has 0 rings (SSSR count). The van der Waals surface area contributed by atoms with E-state index < -0.39 is 0 Å². The average Bonchev–Trinajstić information content (AvgIpc) is 2.46. The van der Waals surface area contributed by atoms with Gasteiger partial charge < -0.3 is 4.74 Å². The highest BCUT2D eigenvalue weighted by molar-refractivity contribution is 5.91. The van der Waals surface area contributed by atoms with E-state index in [-0.39, 0.29) is 11.4 Å². The van der Waals surface area contributed by atoms with Gasteiger partial charge in [0, 0.05) is 13.0 Å². The standard InChI is InChI=1S/C22H34O2/c1-8-19(5)12-10-14-22(7,24-9-2)15-11-13-20(6)17-21(23)16-18(3)4/h8,10,12-14,16H,1,9,11,15,17H2,2-7H3. The molecule has 0 aliphatic heterocycles. The molecule has 134 valence electrons. The first-order chi connectivity index (χ1) is 11.2. The Hall–Kier alpha value is -1.67. The molecule has 0 saturated carbocycles. The molecule has 2 nitrogen and oxygen atoms in total. The fraction of sp³-hybridized carbons (Fsp3) is 0.500. The van der Waals surface area contributed by atoms with Crippen molar-refractivity contribution in [3.05, 3.63) is 59.8 Å². The number of hydrogen-bond donors (Lipinski definition) is 0. The normalized spacial score (nSPS) is 15.2. The van der Waals surface area contributed by atoms with E-state index in [9.17, 15) is 4.79 Å². The maximum absolute atomic E-state index is 11.8. The Morgan fingerprint density at radius 2 is 1.88 bits per heavy atom. The Morgan fingerprint density at radius 1 is 1.21 bits per heavy atom. The molecule has 0 spiro atoms. The average molecular weight is 331 g/mol. The van der Waals surface area contributed by atoms with E-state index in [4.69, 9.17) is 4.74 Å². The van der Waals surface area contributed by atoms with Crippen molar-refractivity contribution in [1.29, 1.82) is 0 Å². The van der Waals surface area contributed by atoms with E-state index in [1.165, 1.54) is 0 Å². The van der Waals surface area contributed by atoms with Crippen molar-refractivity contribution in [3.8, 4) is 0 Å².